The molecule has 9 heteroatoms. The molecule has 56 heavy (non-hydrogen) atoms. The highest BCUT2D eigenvalue weighted by Crippen LogP contribution is 2.62. The van der Waals surface area contributed by atoms with Gasteiger partial charge in [0.15, 0.2) is 0 Å². The van der Waals surface area contributed by atoms with Crippen LogP contribution in [-0.4, -0.2) is 64.6 Å². The number of rotatable bonds is 19. The summed E-state index contributed by atoms with van der Waals surface area (Å²) in [5.74, 6) is 2.40. The van der Waals surface area contributed by atoms with Gasteiger partial charge in [0.25, 0.3) is 0 Å². The van der Waals surface area contributed by atoms with Crippen LogP contribution in [0.15, 0.2) is 127 Å². The van der Waals surface area contributed by atoms with Gasteiger partial charge in [0.05, 0.1) is 23.5 Å². The topological polar surface area (TPSA) is 103 Å². The molecular weight excluding hydrogens is 721 g/mol. The summed E-state index contributed by atoms with van der Waals surface area (Å²) >= 11 is 1.86. The number of fused-ring (bicyclic) bond motifs is 2. The van der Waals surface area contributed by atoms with E-state index in [9.17, 15) is 10.2 Å². The number of aliphatic hydroxyl groups is 2. The van der Waals surface area contributed by atoms with Crippen LogP contribution in [0.1, 0.15) is 62.0 Å². The SMILES string of the molecule is C=CCOC12Oc3ccc(Oc4ccc(-c5ccccc5)cc4)cc3C3C(CCCCO)C(CCCCO)C=C(C(=NOC)CC1SCCc1ccncc1)C32. The van der Waals surface area contributed by atoms with E-state index >= 15 is 0 Å². The summed E-state index contributed by atoms with van der Waals surface area (Å²) in [5, 5.41) is 24.3. The zero-order chi connectivity index (χ0) is 38.7. The molecule has 1 fully saturated rings. The molecule has 6 atom stereocenters. The third-order valence-electron chi connectivity index (χ3n) is 11.5. The quantitative estimate of drug-likeness (QED) is 0.0552. The van der Waals surface area contributed by atoms with Crippen molar-refractivity contribution >= 4 is 17.5 Å². The van der Waals surface area contributed by atoms with Crippen molar-refractivity contribution in [1.29, 1.82) is 0 Å². The van der Waals surface area contributed by atoms with E-state index in [1.165, 1.54) is 5.56 Å². The second-order valence-electron chi connectivity index (χ2n) is 14.9. The fourth-order valence-corrected chi connectivity index (χ4v) is 10.4. The van der Waals surface area contributed by atoms with Crippen LogP contribution >= 0.6 is 11.8 Å². The van der Waals surface area contributed by atoms with Crippen molar-refractivity contribution in [3.63, 3.8) is 0 Å². The molecule has 4 aromatic rings. The fourth-order valence-electron chi connectivity index (χ4n) is 9.00. The number of hydrogen-bond acceptors (Lipinski definition) is 9. The number of benzene rings is 3. The van der Waals surface area contributed by atoms with Crippen molar-refractivity contribution in [2.45, 2.75) is 68.3 Å². The van der Waals surface area contributed by atoms with Gasteiger partial charge in [-0.1, -0.05) is 72.6 Å². The van der Waals surface area contributed by atoms with E-state index in [2.05, 4.69) is 66.2 Å². The molecule has 1 aromatic heterocycles. The number of aryl methyl sites for hydroxylation is 1. The second kappa shape index (κ2) is 19.2. The number of thioether (sulfide) groups is 1. The molecule has 0 saturated heterocycles. The Bertz CT molecular complexity index is 1940. The predicted molar refractivity (Wildman–Crippen MR) is 224 cm³/mol. The molecule has 2 aliphatic carbocycles. The van der Waals surface area contributed by atoms with Crippen molar-refractivity contribution in [3.8, 4) is 28.4 Å². The Morgan fingerprint density at radius 3 is 2.38 bits per heavy atom. The lowest BCUT2D eigenvalue weighted by atomic mass is 9.56. The maximum Gasteiger partial charge on any atom is 0.230 e. The first-order valence-corrected chi connectivity index (χ1v) is 21.1. The van der Waals surface area contributed by atoms with Crippen LogP contribution in [0.3, 0.4) is 0 Å². The number of allylic oxidation sites excluding steroid dienone is 1. The number of pyridine rings is 1. The van der Waals surface area contributed by atoms with Crippen molar-refractivity contribution in [3.05, 3.63) is 133 Å². The standard InChI is InChI=1S/C47H54N2O6S/c1-3-28-53-47-44(56-29-23-33-21-24-48-25-22-33)32-42(49-52-2)40-30-36(13-7-9-26-50)39(14-8-10-27-51)45(46(40)47)41-31-38(19-20-43(41)55-47)54-37-17-15-35(16-18-37)34-11-5-4-6-12-34/h3-6,11-12,15-22,24-25,30-31,36,39,44-46,50-51H,1,7-10,13-14,23,26-29,32H2,2H3. The lowest BCUT2D eigenvalue weighted by molar-refractivity contribution is -0.223. The summed E-state index contributed by atoms with van der Waals surface area (Å²) in [7, 11) is 1.62. The normalized spacial score (nSPS) is 24.4. The zero-order valence-corrected chi connectivity index (χ0v) is 33.1. The summed E-state index contributed by atoms with van der Waals surface area (Å²) in [6, 6.07) is 28.9. The molecule has 3 aliphatic rings. The molecular formula is C47H54N2O6S. The maximum absolute atomic E-state index is 9.90. The molecule has 0 amide bonds. The first kappa shape index (κ1) is 39.8. The summed E-state index contributed by atoms with van der Waals surface area (Å²) in [4.78, 5) is 9.78. The Morgan fingerprint density at radius 1 is 0.911 bits per heavy atom. The van der Waals surface area contributed by atoms with Crippen LogP contribution in [0.2, 0.25) is 0 Å². The average Bonchev–Trinajstić information content (AvgIpc) is 3.23. The van der Waals surface area contributed by atoms with Crippen molar-refractivity contribution in [2.24, 2.45) is 22.9 Å². The third kappa shape index (κ3) is 8.76. The van der Waals surface area contributed by atoms with Gasteiger partial charge >= 0.3 is 0 Å². The van der Waals surface area contributed by atoms with Crippen LogP contribution in [0, 0.1) is 17.8 Å². The largest absolute Gasteiger partial charge is 0.460 e. The first-order valence-electron chi connectivity index (χ1n) is 20.0. The zero-order valence-electron chi connectivity index (χ0n) is 32.3. The maximum atomic E-state index is 9.90. The van der Waals surface area contributed by atoms with Crippen LogP contribution < -0.4 is 9.47 Å². The lowest BCUT2D eigenvalue weighted by Crippen LogP contribution is -2.64. The van der Waals surface area contributed by atoms with Crippen LogP contribution in [0.25, 0.3) is 11.1 Å². The molecule has 0 radical (unpaired) electrons. The smallest absolute Gasteiger partial charge is 0.230 e. The summed E-state index contributed by atoms with van der Waals surface area (Å²) in [5.41, 5.74) is 6.67. The van der Waals surface area contributed by atoms with Gasteiger partial charge in [-0.2, -0.15) is 11.8 Å². The molecule has 0 bridgehead atoms. The number of unbranched alkanes of at least 4 members (excludes halogenated alkanes) is 2. The van der Waals surface area contributed by atoms with Crippen molar-refractivity contribution < 1.29 is 29.3 Å². The Morgan fingerprint density at radius 2 is 1.64 bits per heavy atom. The monoisotopic (exact) mass is 774 g/mol. The Labute approximate surface area is 335 Å². The summed E-state index contributed by atoms with van der Waals surface area (Å²) in [6.07, 6.45) is 14.6. The van der Waals surface area contributed by atoms with Crippen LogP contribution in [0.4, 0.5) is 0 Å². The molecule has 3 aromatic carbocycles. The summed E-state index contributed by atoms with van der Waals surface area (Å²) in [6.45, 7) is 4.71. The van der Waals surface area contributed by atoms with Crippen molar-refractivity contribution in [1.82, 2.24) is 4.98 Å². The van der Waals surface area contributed by atoms with E-state index in [0.717, 1.165) is 95.9 Å². The molecule has 8 nitrogen and oxygen atoms in total. The van der Waals surface area contributed by atoms with Gasteiger partial charge in [-0.3, -0.25) is 4.98 Å². The van der Waals surface area contributed by atoms with E-state index in [-0.39, 0.29) is 42.1 Å². The van der Waals surface area contributed by atoms with E-state index in [0.29, 0.717) is 13.0 Å². The summed E-state index contributed by atoms with van der Waals surface area (Å²) < 4.78 is 20.9. The number of ether oxygens (including phenoxy) is 3. The highest BCUT2D eigenvalue weighted by molar-refractivity contribution is 8.00. The first-order chi connectivity index (χ1) is 27.6. The number of aliphatic hydroxyl groups excluding tert-OH is 2. The van der Waals surface area contributed by atoms with E-state index < -0.39 is 5.79 Å². The van der Waals surface area contributed by atoms with E-state index in [1.54, 1.807) is 7.11 Å². The molecule has 1 saturated carbocycles. The molecule has 2 heterocycles. The van der Waals surface area contributed by atoms with Gasteiger partial charge in [0.1, 0.15) is 24.4 Å². The molecule has 1 aliphatic heterocycles. The highest BCUT2D eigenvalue weighted by Gasteiger charge is 2.63. The average molecular weight is 775 g/mol. The van der Waals surface area contributed by atoms with Gasteiger partial charge < -0.3 is 29.3 Å². The van der Waals surface area contributed by atoms with Gasteiger partial charge in [0.2, 0.25) is 5.79 Å². The molecule has 7 rings (SSSR count). The van der Waals surface area contributed by atoms with Gasteiger partial charge in [-0.25, -0.2) is 0 Å². The number of nitrogens with zero attached hydrogens (tertiary/aromatic N) is 2. The molecule has 2 N–H and O–H groups in total. The second-order valence-corrected chi connectivity index (χ2v) is 16.2. The Hall–Kier alpha value is -4.41. The third-order valence-corrected chi connectivity index (χ3v) is 12.8. The van der Waals surface area contributed by atoms with E-state index in [1.807, 2.05) is 66.6 Å². The highest BCUT2D eigenvalue weighted by atomic mass is 32.2. The molecule has 294 valence electrons. The Kier molecular flexibility index (Phi) is 13.6. The fraction of sp³-hybridized carbons (Fsp3) is 0.404. The minimum atomic E-state index is -1.01. The van der Waals surface area contributed by atoms with E-state index in [4.69, 9.17) is 24.2 Å². The van der Waals surface area contributed by atoms with Gasteiger partial charge in [0, 0.05) is 43.5 Å². The number of oxime groups is 1. The Balaban J connectivity index is 1.31. The minimum absolute atomic E-state index is 0.00366. The minimum Gasteiger partial charge on any atom is -0.460 e. The van der Waals surface area contributed by atoms with Crippen LogP contribution in [0.5, 0.6) is 17.2 Å². The predicted octanol–water partition coefficient (Wildman–Crippen LogP) is 9.78. The van der Waals surface area contributed by atoms with Gasteiger partial charge in [-0.15, -0.1) is 6.58 Å². The van der Waals surface area contributed by atoms with Crippen molar-refractivity contribution in [2.75, 3.05) is 32.7 Å². The van der Waals surface area contributed by atoms with Crippen LogP contribution in [-0.2, 0) is 16.0 Å². The molecule has 0 spiro atoms. The number of hydrogen-bond donors (Lipinski definition) is 2. The van der Waals surface area contributed by atoms with Gasteiger partial charge in [-0.05, 0) is 114 Å². The number of aromatic nitrogens is 1. The lowest BCUT2D eigenvalue weighted by Gasteiger charge is -2.58. The molecule has 6 unspecified atom stereocenters.